The van der Waals surface area contributed by atoms with E-state index in [0.29, 0.717) is 34.1 Å². The molecule has 0 radical (unpaired) electrons. The van der Waals surface area contributed by atoms with E-state index < -0.39 is 12.0 Å². The largest absolute Gasteiger partial charge is 0.619 e. The number of nitrogens with zero attached hydrogens (tertiary/aromatic N) is 2. The van der Waals surface area contributed by atoms with E-state index in [1.807, 2.05) is 35.2 Å². The maximum Gasteiger partial charge on any atom is 0.254 e. The fraction of sp³-hybridized carbons (Fsp3) is 0.321. The Morgan fingerprint density at radius 2 is 1.75 bits per heavy atom. The van der Waals surface area contributed by atoms with Crippen molar-refractivity contribution < 1.29 is 14.3 Å². The first-order valence-electron chi connectivity index (χ1n) is 12.3. The predicted octanol–water partition coefficient (Wildman–Crippen LogP) is 5.21. The highest BCUT2D eigenvalue weighted by Gasteiger charge is 2.47. The standard InChI is InChI=1S/C28H27Cl2N3O3/c29-19-9-10-23(24(30)17-19)26-25(27(34)31-14-11-18-12-15-32(36)16-13-18)21-7-3-4-8-22(21)28(35)33(26)20-5-1-2-6-20/h3-4,7-10,12-13,15-17,20,25-26H,1-2,5-6,11,14H2,(H,31,34)/t25-,26+/m1/s1. The van der Waals surface area contributed by atoms with Gasteiger partial charge in [0, 0.05) is 40.3 Å². The van der Waals surface area contributed by atoms with E-state index in [4.69, 9.17) is 23.2 Å². The van der Waals surface area contributed by atoms with Crippen LogP contribution in [0, 0.1) is 5.21 Å². The summed E-state index contributed by atoms with van der Waals surface area (Å²) in [6, 6.07) is 15.6. The van der Waals surface area contributed by atoms with Crippen molar-refractivity contribution >= 4 is 35.0 Å². The molecule has 1 aliphatic heterocycles. The molecule has 0 bridgehead atoms. The molecular weight excluding hydrogens is 497 g/mol. The first kappa shape index (κ1) is 24.6. The third-order valence-electron chi connectivity index (χ3n) is 7.24. The molecule has 1 N–H and O–H groups in total. The molecule has 2 aromatic carbocycles. The van der Waals surface area contributed by atoms with Crippen LogP contribution in [0.25, 0.3) is 0 Å². The average molecular weight is 524 g/mol. The molecule has 1 aliphatic carbocycles. The second-order valence-corrected chi connectivity index (χ2v) is 10.3. The zero-order chi connectivity index (χ0) is 25.2. The number of aromatic nitrogens is 1. The molecule has 8 heteroatoms. The molecule has 36 heavy (non-hydrogen) atoms. The van der Waals surface area contributed by atoms with Gasteiger partial charge in [0.25, 0.3) is 5.91 Å². The van der Waals surface area contributed by atoms with Gasteiger partial charge in [-0.1, -0.05) is 60.3 Å². The van der Waals surface area contributed by atoms with Gasteiger partial charge < -0.3 is 15.4 Å². The topological polar surface area (TPSA) is 76.4 Å². The Labute approximate surface area is 220 Å². The number of rotatable bonds is 6. The summed E-state index contributed by atoms with van der Waals surface area (Å²) >= 11 is 12.9. The van der Waals surface area contributed by atoms with Crippen molar-refractivity contribution in [1.29, 1.82) is 0 Å². The lowest BCUT2D eigenvalue weighted by atomic mass is 9.78. The van der Waals surface area contributed by atoms with Crippen LogP contribution in [0.1, 0.15) is 64.7 Å². The molecule has 3 aromatic rings. The third-order valence-corrected chi connectivity index (χ3v) is 7.80. The Kier molecular flexibility index (Phi) is 7.17. The van der Waals surface area contributed by atoms with Crippen LogP contribution in [0.4, 0.5) is 0 Å². The number of hydrogen-bond acceptors (Lipinski definition) is 3. The molecule has 5 rings (SSSR count). The minimum Gasteiger partial charge on any atom is -0.619 e. The van der Waals surface area contributed by atoms with Gasteiger partial charge in [-0.25, -0.2) is 0 Å². The molecule has 0 saturated heterocycles. The summed E-state index contributed by atoms with van der Waals surface area (Å²) in [4.78, 5) is 29.6. The van der Waals surface area contributed by atoms with Crippen LogP contribution in [-0.4, -0.2) is 29.3 Å². The maximum atomic E-state index is 13.9. The number of halogens is 2. The zero-order valence-electron chi connectivity index (χ0n) is 19.7. The number of carbonyl (C=O) groups is 2. The van der Waals surface area contributed by atoms with E-state index in [1.54, 1.807) is 24.3 Å². The fourth-order valence-electron chi connectivity index (χ4n) is 5.54. The molecule has 1 saturated carbocycles. The lowest BCUT2D eigenvalue weighted by Gasteiger charge is -2.45. The summed E-state index contributed by atoms with van der Waals surface area (Å²) < 4.78 is 0.732. The Bertz CT molecular complexity index is 1280. The number of pyridine rings is 1. The Morgan fingerprint density at radius 3 is 2.47 bits per heavy atom. The molecule has 2 atom stereocenters. The van der Waals surface area contributed by atoms with Crippen molar-refractivity contribution in [3.05, 3.63) is 104 Å². The SMILES string of the molecule is O=C(NCCc1cc[n+]([O-])cc1)[C@@H]1c2ccccc2C(=O)N(C2CCCC2)[C@H]1c1ccc(Cl)cc1Cl. The molecule has 1 aromatic heterocycles. The number of carbonyl (C=O) groups excluding carboxylic acids is 2. The summed E-state index contributed by atoms with van der Waals surface area (Å²) in [5, 5.41) is 15.3. The molecule has 6 nitrogen and oxygen atoms in total. The lowest BCUT2D eigenvalue weighted by molar-refractivity contribution is -0.605. The number of hydrogen-bond donors (Lipinski definition) is 1. The monoisotopic (exact) mass is 523 g/mol. The van der Waals surface area contributed by atoms with Crippen LogP contribution < -0.4 is 10.0 Å². The Morgan fingerprint density at radius 1 is 1.03 bits per heavy atom. The van der Waals surface area contributed by atoms with E-state index in [1.165, 1.54) is 12.4 Å². The van der Waals surface area contributed by atoms with Crippen molar-refractivity contribution in [2.45, 2.75) is 50.1 Å². The highest BCUT2D eigenvalue weighted by molar-refractivity contribution is 6.35. The van der Waals surface area contributed by atoms with Crippen molar-refractivity contribution in [2.75, 3.05) is 6.54 Å². The van der Waals surface area contributed by atoms with Gasteiger partial charge in [0.2, 0.25) is 5.91 Å². The van der Waals surface area contributed by atoms with Crippen LogP contribution in [0.3, 0.4) is 0 Å². The lowest BCUT2D eigenvalue weighted by Crippen LogP contribution is -2.51. The van der Waals surface area contributed by atoms with E-state index in [2.05, 4.69) is 5.32 Å². The third kappa shape index (κ3) is 4.80. The van der Waals surface area contributed by atoms with Crippen LogP contribution in [-0.2, 0) is 11.2 Å². The first-order chi connectivity index (χ1) is 17.4. The summed E-state index contributed by atoms with van der Waals surface area (Å²) in [7, 11) is 0. The first-order valence-corrected chi connectivity index (χ1v) is 13.0. The summed E-state index contributed by atoms with van der Waals surface area (Å²) in [5.41, 5.74) is 2.94. The normalized spacial score (nSPS) is 19.8. The van der Waals surface area contributed by atoms with Gasteiger partial charge in [-0.3, -0.25) is 9.59 Å². The van der Waals surface area contributed by atoms with E-state index in [9.17, 15) is 14.8 Å². The van der Waals surface area contributed by atoms with Crippen molar-refractivity contribution in [1.82, 2.24) is 10.2 Å². The minimum absolute atomic E-state index is 0.0426. The van der Waals surface area contributed by atoms with Gasteiger partial charge in [-0.15, -0.1) is 0 Å². The molecule has 2 aliphatic rings. The zero-order valence-corrected chi connectivity index (χ0v) is 21.2. The van der Waals surface area contributed by atoms with Crippen LogP contribution in [0.5, 0.6) is 0 Å². The van der Waals surface area contributed by atoms with Crippen LogP contribution in [0.15, 0.2) is 67.0 Å². The number of amides is 2. The second kappa shape index (κ2) is 10.5. The van der Waals surface area contributed by atoms with Crippen molar-refractivity contribution in [3.8, 4) is 0 Å². The van der Waals surface area contributed by atoms with Crippen LogP contribution in [0.2, 0.25) is 10.0 Å². The van der Waals surface area contributed by atoms with Gasteiger partial charge in [-0.2, -0.15) is 4.73 Å². The van der Waals surface area contributed by atoms with Crippen LogP contribution >= 0.6 is 23.2 Å². The molecular formula is C28H27Cl2N3O3. The summed E-state index contributed by atoms with van der Waals surface area (Å²) in [5.74, 6) is -0.852. The Balaban J connectivity index is 1.53. The number of nitrogens with one attached hydrogen (secondary N) is 1. The van der Waals surface area contributed by atoms with Crippen molar-refractivity contribution in [2.24, 2.45) is 0 Å². The highest BCUT2D eigenvalue weighted by Crippen LogP contribution is 2.47. The summed E-state index contributed by atoms with van der Waals surface area (Å²) in [6.45, 7) is 0.402. The maximum absolute atomic E-state index is 13.9. The van der Waals surface area contributed by atoms with Gasteiger partial charge in [0.15, 0.2) is 12.4 Å². The van der Waals surface area contributed by atoms with Gasteiger partial charge in [0.05, 0.1) is 12.0 Å². The van der Waals surface area contributed by atoms with E-state index in [-0.39, 0.29) is 17.9 Å². The van der Waals surface area contributed by atoms with Gasteiger partial charge in [0.1, 0.15) is 0 Å². The van der Waals surface area contributed by atoms with E-state index in [0.717, 1.165) is 41.5 Å². The number of fused-ring (bicyclic) bond motifs is 1. The predicted molar refractivity (Wildman–Crippen MR) is 139 cm³/mol. The van der Waals surface area contributed by atoms with Gasteiger partial charge >= 0.3 is 0 Å². The second-order valence-electron chi connectivity index (χ2n) is 9.43. The smallest absolute Gasteiger partial charge is 0.254 e. The van der Waals surface area contributed by atoms with E-state index >= 15 is 0 Å². The summed E-state index contributed by atoms with van der Waals surface area (Å²) in [6.07, 6.45) is 7.37. The Hall–Kier alpha value is -3.09. The molecule has 0 spiro atoms. The highest BCUT2D eigenvalue weighted by atomic mass is 35.5. The number of benzene rings is 2. The molecule has 2 heterocycles. The quantitative estimate of drug-likeness (QED) is 0.356. The molecule has 2 amide bonds. The average Bonchev–Trinajstić information content (AvgIpc) is 3.40. The molecule has 186 valence electrons. The van der Waals surface area contributed by atoms with Crippen molar-refractivity contribution in [3.63, 3.8) is 0 Å². The van der Waals surface area contributed by atoms with Gasteiger partial charge in [-0.05, 0) is 54.2 Å². The fourth-order valence-corrected chi connectivity index (χ4v) is 6.06. The molecule has 0 unspecified atom stereocenters. The minimum atomic E-state index is -0.627. The molecule has 1 fully saturated rings.